The number of esters is 1. The zero-order chi connectivity index (χ0) is 43.3. The third kappa shape index (κ3) is 42.1. The van der Waals surface area contributed by atoms with Crippen LogP contribution < -0.4 is 10.6 Å². The van der Waals surface area contributed by atoms with Crippen LogP contribution in [0.15, 0.2) is 12.2 Å². The van der Waals surface area contributed by atoms with Crippen LogP contribution in [-0.2, 0) is 23.9 Å². The van der Waals surface area contributed by atoms with Gasteiger partial charge in [0.1, 0.15) is 12.1 Å². The molecular formula is C50H94N2O7. The molecule has 9 heteroatoms. The molecule has 9 nitrogen and oxygen atoms in total. The van der Waals surface area contributed by atoms with Gasteiger partial charge in [0.25, 0.3) is 0 Å². The fraction of sp³-hybridized carbons (Fsp3) is 0.880. The van der Waals surface area contributed by atoms with Crippen molar-refractivity contribution in [2.75, 3.05) is 13.2 Å². The van der Waals surface area contributed by atoms with Crippen molar-refractivity contribution < 1.29 is 34.1 Å². The summed E-state index contributed by atoms with van der Waals surface area (Å²) in [5, 5.41) is 22.6. The standard InChI is InChI=1S/C50H94N2O7/c1-3-5-7-9-11-13-15-16-17-18-19-20-21-22-23-25-27-29-34-38-42-49(56)59-45(39-35-31-28-26-24-14-12-10-8-6-4-2)40-36-32-30-33-37-41-47(54)51-43-48(55)52-46(44-53)50(57)58/h26,28,45-46,53H,3-25,27,29-44H2,1-2H3,(H,51,54)(H,52,55)(H,57,58)/b28-26-. The van der Waals surface area contributed by atoms with E-state index < -0.39 is 24.5 Å². The van der Waals surface area contributed by atoms with Crippen LogP contribution >= 0.6 is 0 Å². The van der Waals surface area contributed by atoms with Crippen LogP contribution in [0.1, 0.15) is 258 Å². The second-order valence-corrected chi connectivity index (χ2v) is 17.3. The molecule has 0 bridgehead atoms. The van der Waals surface area contributed by atoms with Gasteiger partial charge in [0.15, 0.2) is 0 Å². The molecule has 0 aliphatic heterocycles. The normalized spacial score (nSPS) is 12.5. The van der Waals surface area contributed by atoms with Gasteiger partial charge < -0.3 is 25.6 Å². The molecule has 0 heterocycles. The highest BCUT2D eigenvalue weighted by atomic mass is 16.5. The molecule has 0 fully saturated rings. The van der Waals surface area contributed by atoms with Gasteiger partial charge >= 0.3 is 11.9 Å². The molecule has 0 rings (SSSR count). The van der Waals surface area contributed by atoms with Gasteiger partial charge in [0, 0.05) is 12.8 Å². The highest BCUT2D eigenvalue weighted by Gasteiger charge is 2.19. The lowest BCUT2D eigenvalue weighted by Gasteiger charge is -2.18. The van der Waals surface area contributed by atoms with E-state index in [2.05, 4.69) is 36.6 Å². The lowest BCUT2D eigenvalue weighted by molar-refractivity contribution is -0.150. The zero-order valence-electron chi connectivity index (χ0n) is 38.5. The van der Waals surface area contributed by atoms with Gasteiger partial charge in [-0.2, -0.15) is 0 Å². The van der Waals surface area contributed by atoms with E-state index in [1.165, 1.54) is 154 Å². The largest absolute Gasteiger partial charge is 0.480 e. The average molecular weight is 835 g/mol. The van der Waals surface area contributed by atoms with E-state index in [4.69, 9.17) is 14.9 Å². The molecule has 0 aromatic carbocycles. The number of carbonyl (C=O) groups is 4. The Labute approximate surface area is 362 Å². The molecule has 2 unspecified atom stereocenters. The molecule has 2 atom stereocenters. The molecular weight excluding hydrogens is 741 g/mol. The van der Waals surface area contributed by atoms with Gasteiger partial charge in [0.2, 0.25) is 11.8 Å². The maximum Gasteiger partial charge on any atom is 0.328 e. The second kappa shape index (κ2) is 45.1. The summed E-state index contributed by atoms with van der Waals surface area (Å²) >= 11 is 0. The van der Waals surface area contributed by atoms with E-state index in [1.807, 2.05) is 0 Å². The van der Waals surface area contributed by atoms with Gasteiger partial charge in [-0.15, -0.1) is 0 Å². The topological polar surface area (TPSA) is 142 Å². The maximum absolute atomic E-state index is 12.8. The number of aliphatic carboxylic acids is 1. The van der Waals surface area contributed by atoms with E-state index in [9.17, 15) is 19.2 Å². The van der Waals surface area contributed by atoms with Gasteiger partial charge in [-0.25, -0.2) is 4.79 Å². The Hall–Kier alpha value is -2.42. The number of hydrogen-bond acceptors (Lipinski definition) is 6. The number of aliphatic hydroxyl groups excluding tert-OH is 1. The minimum Gasteiger partial charge on any atom is -0.480 e. The number of unbranched alkanes of at least 4 members (excludes halogenated alkanes) is 30. The third-order valence-electron chi connectivity index (χ3n) is 11.5. The first-order chi connectivity index (χ1) is 28.8. The van der Waals surface area contributed by atoms with Crippen LogP contribution in [0.4, 0.5) is 0 Å². The van der Waals surface area contributed by atoms with Crippen LogP contribution in [0.3, 0.4) is 0 Å². The van der Waals surface area contributed by atoms with E-state index in [0.29, 0.717) is 19.3 Å². The lowest BCUT2D eigenvalue weighted by atomic mass is 10.0. The Balaban J connectivity index is 4.19. The van der Waals surface area contributed by atoms with Crippen molar-refractivity contribution in [2.45, 2.75) is 270 Å². The smallest absolute Gasteiger partial charge is 0.328 e. The predicted molar refractivity (Wildman–Crippen MR) is 245 cm³/mol. The molecule has 0 saturated heterocycles. The molecule has 2 amide bonds. The summed E-state index contributed by atoms with van der Waals surface area (Å²) < 4.78 is 6.04. The van der Waals surface area contributed by atoms with Crippen LogP contribution in [0.25, 0.3) is 0 Å². The summed E-state index contributed by atoms with van der Waals surface area (Å²) in [7, 11) is 0. The Kier molecular flexibility index (Phi) is 43.3. The first-order valence-corrected chi connectivity index (χ1v) is 25.1. The number of carbonyl (C=O) groups excluding carboxylic acids is 3. The van der Waals surface area contributed by atoms with Crippen molar-refractivity contribution in [3.8, 4) is 0 Å². The highest BCUT2D eigenvalue weighted by Crippen LogP contribution is 2.19. The van der Waals surface area contributed by atoms with E-state index in [1.54, 1.807) is 0 Å². The summed E-state index contributed by atoms with van der Waals surface area (Å²) in [6.45, 7) is 3.50. The van der Waals surface area contributed by atoms with Crippen molar-refractivity contribution in [3.05, 3.63) is 12.2 Å². The highest BCUT2D eigenvalue weighted by molar-refractivity contribution is 5.87. The lowest BCUT2D eigenvalue weighted by Crippen LogP contribution is -2.47. The molecule has 4 N–H and O–H groups in total. The number of ether oxygens (including phenoxy) is 1. The maximum atomic E-state index is 12.8. The van der Waals surface area contributed by atoms with Crippen molar-refractivity contribution in [3.63, 3.8) is 0 Å². The second-order valence-electron chi connectivity index (χ2n) is 17.3. The van der Waals surface area contributed by atoms with Crippen LogP contribution in [-0.4, -0.2) is 59.3 Å². The van der Waals surface area contributed by atoms with Crippen molar-refractivity contribution in [2.24, 2.45) is 0 Å². The first kappa shape index (κ1) is 56.6. The van der Waals surface area contributed by atoms with Crippen LogP contribution in [0.2, 0.25) is 0 Å². The van der Waals surface area contributed by atoms with Gasteiger partial charge in [0.05, 0.1) is 13.2 Å². The monoisotopic (exact) mass is 835 g/mol. The zero-order valence-corrected chi connectivity index (χ0v) is 38.5. The summed E-state index contributed by atoms with van der Waals surface area (Å²) in [4.78, 5) is 47.7. The van der Waals surface area contributed by atoms with Crippen LogP contribution in [0.5, 0.6) is 0 Å². The first-order valence-electron chi connectivity index (χ1n) is 25.1. The van der Waals surface area contributed by atoms with Crippen LogP contribution in [0, 0.1) is 0 Å². The fourth-order valence-electron chi connectivity index (χ4n) is 7.66. The van der Waals surface area contributed by atoms with Crippen molar-refractivity contribution in [1.82, 2.24) is 10.6 Å². The van der Waals surface area contributed by atoms with E-state index >= 15 is 0 Å². The molecule has 0 aromatic heterocycles. The molecule has 0 saturated carbocycles. The SMILES string of the molecule is CCCCCCCC/C=C\CCCC(CCCCCCCC(=O)NCC(=O)NC(CO)C(=O)O)OC(=O)CCCCCCCCCCCCCCCCCCCCCC. The molecule has 0 radical (unpaired) electrons. The summed E-state index contributed by atoms with van der Waals surface area (Å²) in [6.07, 6.45) is 49.7. The summed E-state index contributed by atoms with van der Waals surface area (Å²) in [5.74, 6) is -2.29. The van der Waals surface area contributed by atoms with Crippen molar-refractivity contribution in [1.29, 1.82) is 0 Å². The minimum absolute atomic E-state index is 0.0388. The average Bonchev–Trinajstić information content (AvgIpc) is 3.22. The Morgan fingerprint density at radius 2 is 0.881 bits per heavy atom. The number of nitrogens with one attached hydrogen (secondary N) is 2. The van der Waals surface area contributed by atoms with Crippen molar-refractivity contribution >= 4 is 23.8 Å². The number of aliphatic hydroxyl groups is 1. The molecule has 59 heavy (non-hydrogen) atoms. The molecule has 0 aliphatic carbocycles. The number of amides is 2. The third-order valence-corrected chi connectivity index (χ3v) is 11.5. The quantitative estimate of drug-likeness (QED) is 0.0272. The van der Waals surface area contributed by atoms with Gasteiger partial charge in [-0.05, 0) is 57.8 Å². The number of carboxylic acid groups (broad SMARTS) is 1. The van der Waals surface area contributed by atoms with E-state index in [0.717, 1.165) is 70.6 Å². The predicted octanol–water partition coefficient (Wildman–Crippen LogP) is 13.0. The number of allylic oxidation sites excluding steroid dienone is 2. The molecule has 346 valence electrons. The number of hydrogen-bond donors (Lipinski definition) is 4. The molecule has 0 aliphatic rings. The molecule has 0 spiro atoms. The summed E-state index contributed by atoms with van der Waals surface area (Å²) in [6, 6.07) is -1.38. The summed E-state index contributed by atoms with van der Waals surface area (Å²) in [5.41, 5.74) is 0. The van der Waals surface area contributed by atoms with Gasteiger partial charge in [-0.3, -0.25) is 14.4 Å². The minimum atomic E-state index is -1.38. The number of carboxylic acids is 1. The fourth-order valence-corrected chi connectivity index (χ4v) is 7.66. The number of rotatable bonds is 46. The Bertz CT molecular complexity index is 1000. The van der Waals surface area contributed by atoms with Gasteiger partial charge in [-0.1, -0.05) is 199 Å². The molecule has 0 aromatic rings. The Morgan fingerprint density at radius 3 is 1.34 bits per heavy atom. The van der Waals surface area contributed by atoms with E-state index in [-0.39, 0.29) is 24.5 Å². The Morgan fingerprint density at radius 1 is 0.492 bits per heavy atom.